The van der Waals surface area contributed by atoms with Gasteiger partial charge in [-0.2, -0.15) is 0 Å². The van der Waals surface area contributed by atoms with E-state index in [1.165, 1.54) is 6.20 Å². The first kappa shape index (κ1) is 28.9. The fourth-order valence-electron chi connectivity index (χ4n) is 4.72. The highest BCUT2D eigenvalue weighted by atomic mass is 35.5. The number of hydrogen-bond acceptors (Lipinski definition) is 9. The van der Waals surface area contributed by atoms with Gasteiger partial charge in [0.15, 0.2) is 11.5 Å². The maximum atomic E-state index is 12.6. The maximum absolute atomic E-state index is 12.6. The highest BCUT2D eigenvalue weighted by Crippen LogP contribution is 2.29. The Hall–Kier alpha value is -2.63. The molecule has 0 spiro atoms. The lowest BCUT2D eigenvalue weighted by Gasteiger charge is -2.38. The molecule has 2 aromatic heterocycles. The van der Waals surface area contributed by atoms with Gasteiger partial charge in [-0.1, -0.05) is 0 Å². The molecule has 1 fully saturated rings. The van der Waals surface area contributed by atoms with Crippen molar-refractivity contribution >= 4 is 35.8 Å². The predicted molar refractivity (Wildman–Crippen MR) is 145 cm³/mol. The van der Waals surface area contributed by atoms with E-state index in [4.69, 9.17) is 18.9 Å². The topological polar surface area (TPSA) is 100.0 Å². The second kappa shape index (κ2) is 13.3. The van der Waals surface area contributed by atoms with Crippen LogP contribution in [0.25, 0.3) is 11.0 Å². The average molecular weight is 554 g/mol. The summed E-state index contributed by atoms with van der Waals surface area (Å²) < 4.78 is 24.1. The molecule has 202 valence electrons. The van der Waals surface area contributed by atoms with Crippen LogP contribution in [0.3, 0.4) is 0 Å². The molecule has 0 bridgehead atoms. The van der Waals surface area contributed by atoms with Crippen LogP contribution in [-0.2, 0) is 17.8 Å². The Morgan fingerprint density at radius 2 is 1.86 bits per heavy atom. The number of rotatable bonds is 8. The third-order valence-electron chi connectivity index (χ3n) is 6.67. The zero-order valence-electron chi connectivity index (χ0n) is 20.9. The van der Waals surface area contributed by atoms with Crippen LogP contribution >= 0.6 is 24.8 Å². The van der Waals surface area contributed by atoms with Crippen molar-refractivity contribution in [2.24, 2.45) is 0 Å². The first-order chi connectivity index (χ1) is 17.1. The summed E-state index contributed by atoms with van der Waals surface area (Å²) in [6, 6.07) is 7.73. The third-order valence-corrected chi connectivity index (χ3v) is 6.67. The standard InChI is InChI=1S/C25H31N5O5.2ClH/c1-32-18-3-4-19-21(12-18)30(25(31)15-28-19)8-7-29-6-5-20(24(16-29)33-2)27-13-17-11-22-23(14-26-17)35-10-9-34-22;;/h3-4,11-12,14-15,20,24,27H,5-10,13,16H2,1-2H3;2*1H/t20-,24-;;/m0../s1. The Bertz CT molecular complexity index is 1240. The van der Waals surface area contributed by atoms with Crippen molar-refractivity contribution in [2.45, 2.75) is 31.7 Å². The van der Waals surface area contributed by atoms with Crippen molar-refractivity contribution in [2.75, 3.05) is 47.1 Å². The molecule has 5 rings (SSSR count). The second-order valence-corrected chi connectivity index (χ2v) is 8.77. The number of hydrogen-bond donors (Lipinski definition) is 1. The largest absolute Gasteiger partial charge is 0.497 e. The zero-order valence-corrected chi connectivity index (χ0v) is 22.6. The van der Waals surface area contributed by atoms with Crippen LogP contribution in [-0.4, -0.2) is 78.6 Å². The van der Waals surface area contributed by atoms with E-state index < -0.39 is 0 Å². The number of aromatic nitrogens is 3. The summed E-state index contributed by atoms with van der Waals surface area (Å²) in [5, 5.41) is 3.60. The molecule has 1 N–H and O–H groups in total. The Kier molecular flexibility index (Phi) is 10.4. The lowest BCUT2D eigenvalue weighted by Crippen LogP contribution is -2.53. The first-order valence-corrected chi connectivity index (χ1v) is 11.9. The molecule has 37 heavy (non-hydrogen) atoms. The van der Waals surface area contributed by atoms with E-state index in [2.05, 4.69) is 20.2 Å². The SMILES string of the molecule is COc1ccc2ncc(=O)n(CCN3CC[C@H](NCc4cc5c(cn4)OCCO5)[C@@H](OC)C3)c2c1.Cl.Cl. The van der Waals surface area contributed by atoms with Gasteiger partial charge < -0.3 is 28.8 Å². The fraction of sp³-hybridized carbons (Fsp3) is 0.480. The highest BCUT2D eigenvalue weighted by Gasteiger charge is 2.29. The lowest BCUT2D eigenvalue weighted by atomic mass is 10.0. The molecule has 0 unspecified atom stereocenters. The monoisotopic (exact) mass is 553 g/mol. The first-order valence-electron chi connectivity index (χ1n) is 11.9. The van der Waals surface area contributed by atoms with Gasteiger partial charge in [0.2, 0.25) is 0 Å². The Morgan fingerprint density at radius 3 is 2.65 bits per heavy atom. The van der Waals surface area contributed by atoms with Gasteiger partial charge in [-0.05, 0) is 25.1 Å². The van der Waals surface area contributed by atoms with Gasteiger partial charge >= 0.3 is 0 Å². The molecular formula is C25H33Cl2N5O5. The predicted octanol–water partition coefficient (Wildman–Crippen LogP) is 2.29. The van der Waals surface area contributed by atoms with E-state index in [0.29, 0.717) is 37.8 Å². The van der Waals surface area contributed by atoms with Crippen molar-refractivity contribution in [3.63, 3.8) is 0 Å². The zero-order chi connectivity index (χ0) is 24.2. The number of piperidine rings is 1. The smallest absolute Gasteiger partial charge is 0.269 e. The van der Waals surface area contributed by atoms with E-state index >= 15 is 0 Å². The van der Waals surface area contributed by atoms with Crippen molar-refractivity contribution in [3.05, 3.63) is 52.7 Å². The van der Waals surface area contributed by atoms with Gasteiger partial charge in [0.05, 0.1) is 42.3 Å². The van der Waals surface area contributed by atoms with Crippen LogP contribution in [0, 0.1) is 0 Å². The van der Waals surface area contributed by atoms with Gasteiger partial charge in [0, 0.05) is 51.5 Å². The second-order valence-electron chi connectivity index (χ2n) is 8.77. The van der Waals surface area contributed by atoms with Crippen LogP contribution in [0.2, 0.25) is 0 Å². The third kappa shape index (κ3) is 6.63. The summed E-state index contributed by atoms with van der Waals surface area (Å²) in [5.41, 5.74) is 2.35. The summed E-state index contributed by atoms with van der Waals surface area (Å²) in [7, 11) is 3.37. The molecule has 0 saturated carbocycles. The minimum Gasteiger partial charge on any atom is -0.497 e. The number of fused-ring (bicyclic) bond motifs is 2. The lowest BCUT2D eigenvalue weighted by molar-refractivity contribution is 0.00440. The van der Waals surface area contributed by atoms with Crippen molar-refractivity contribution < 1.29 is 18.9 Å². The van der Waals surface area contributed by atoms with Gasteiger partial charge in [0.1, 0.15) is 19.0 Å². The van der Waals surface area contributed by atoms with Crippen LogP contribution in [0.4, 0.5) is 0 Å². The molecule has 10 nitrogen and oxygen atoms in total. The Balaban J connectivity index is 0.00000190. The van der Waals surface area contributed by atoms with E-state index in [9.17, 15) is 4.79 Å². The van der Waals surface area contributed by atoms with Gasteiger partial charge in [0.25, 0.3) is 5.56 Å². The summed E-state index contributed by atoms with van der Waals surface area (Å²) in [4.78, 5) is 23.7. The quantitative estimate of drug-likeness (QED) is 0.450. The number of pyridine rings is 1. The average Bonchev–Trinajstić information content (AvgIpc) is 2.91. The van der Waals surface area contributed by atoms with Crippen LogP contribution in [0.5, 0.6) is 17.2 Å². The highest BCUT2D eigenvalue weighted by molar-refractivity contribution is 5.85. The minimum absolute atomic E-state index is 0. The van der Waals surface area contributed by atoms with Crippen molar-refractivity contribution in [1.29, 1.82) is 0 Å². The normalized spacial score (nSPS) is 19.1. The van der Waals surface area contributed by atoms with Crippen LogP contribution in [0.15, 0.2) is 41.5 Å². The van der Waals surface area contributed by atoms with Gasteiger partial charge in [-0.3, -0.25) is 14.7 Å². The molecule has 1 aromatic carbocycles. The minimum atomic E-state index is -0.113. The Labute approximate surface area is 228 Å². The van der Waals surface area contributed by atoms with Crippen LogP contribution in [0.1, 0.15) is 12.1 Å². The molecule has 3 aromatic rings. The summed E-state index contributed by atoms with van der Waals surface area (Å²) in [6.45, 7) is 4.75. The number of methoxy groups -OCH3 is 2. The Morgan fingerprint density at radius 1 is 1.05 bits per heavy atom. The van der Waals surface area contributed by atoms with Gasteiger partial charge in [-0.25, -0.2) is 4.98 Å². The molecule has 0 radical (unpaired) electrons. The molecular weight excluding hydrogens is 521 g/mol. The molecule has 1 saturated heterocycles. The van der Waals surface area contributed by atoms with E-state index in [1.54, 1.807) is 25.0 Å². The number of benzene rings is 1. The fourth-order valence-corrected chi connectivity index (χ4v) is 4.72. The number of halogens is 2. The van der Waals surface area contributed by atoms with E-state index in [0.717, 1.165) is 48.5 Å². The summed E-state index contributed by atoms with van der Waals surface area (Å²) >= 11 is 0. The summed E-state index contributed by atoms with van der Waals surface area (Å²) in [6.07, 6.45) is 4.08. The van der Waals surface area contributed by atoms with Crippen molar-refractivity contribution in [3.8, 4) is 17.2 Å². The number of ether oxygens (including phenoxy) is 4. The number of nitrogens with one attached hydrogen (secondary N) is 1. The molecule has 0 aliphatic carbocycles. The van der Waals surface area contributed by atoms with Crippen LogP contribution < -0.4 is 25.1 Å². The maximum Gasteiger partial charge on any atom is 0.269 e. The van der Waals surface area contributed by atoms with Crippen molar-refractivity contribution in [1.82, 2.24) is 24.8 Å². The molecule has 2 atom stereocenters. The molecule has 12 heteroatoms. The number of likely N-dealkylation sites (tertiary alicyclic amines) is 1. The molecule has 4 heterocycles. The molecule has 2 aliphatic rings. The van der Waals surface area contributed by atoms with Gasteiger partial charge in [-0.15, -0.1) is 24.8 Å². The molecule has 0 amide bonds. The summed E-state index contributed by atoms with van der Waals surface area (Å²) in [5.74, 6) is 2.15. The number of nitrogens with zero attached hydrogens (tertiary/aromatic N) is 4. The molecule has 2 aliphatic heterocycles. The van der Waals surface area contributed by atoms with E-state index in [1.807, 2.05) is 24.3 Å². The van der Waals surface area contributed by atoms with E-state index in [-0.39, 0.29) is 42.5 Å².